The van der Waals surface area contributed by atoms with E-state index in [2.05, 4.69) is 41.5 Å². The quantitative estimate of drug-likeness (QED) is 0.337. The van der Waals surface area contributed by atoms with Crippen molar-refractivity contribution in [3.05, 3.63) is 30.3 Å². The maximum absolute atomic E-state index is 14.1. The van der Waals surface area contributed by atoms with Crippen molar-refractivity contribution in [1.82, 2.24) is 5.43 Å². The highest BCUT2D eigenvalue weighted by Crippen LogP contribution is 2.62. The number of hydrogen-bond donors (Lipinski definition) is 1. The van der Waals surface area contributed by atoms with Gasteiger partial charge in [-0.25, -0.2) is 0 Å². The lowest BCUT2D eigenvalue weighted by Crippen LogP contribution is -2.74. The summed E-state index contributed by atoms with van der Waals surface area (Å²) in [5.74, 6) is 2.66. The SMILES string of the molecule is CN[N+](C=S)(CC(=O)N(c1ccccc1)C1CCCCC1)C1C2CC3CC(C2)CC1(C)C3. The molecule has 5 heteroatoms. The summed E-state index contributed by atoms with van der Waals surface area (Å²) >= 11 is 5.73. The zero-order chi connectivity index (χ0) is 22.3. The molecule has 0 aliphatic heterocycles. The first-order valence-corrected chi connectivity index (χ1v) is 13.3. The third kappa shape index (κ3) is 3.84. The maximum Gasteiger partial charge on any atom is 0.284 e. The number of amides is 1. The smallest absolute Gasteiger partial charge is 0.284 e. The molecule has 0 aromatic heterocycles. The highest BCUT2D eigenvalue weighted by atomic mass is 32.1. The van der Waals surface area contributed by atoms with Crippen LogP contribution in [0, 0.1) is 23.2 Å². The number of hydrogen-bond acceptors (Lipinski definition) is 3. The lowest BCUT2D eigenvalue weighted by Gasteiger charge is -2.62. The average Bonchev–Trinajstić information content (AvgIpc) is 2.78. The predicted octanol–water partition coefficient (Wildman–Crippen LogP) is 5.48. The second kappa shape index (κ2) is 8.81. The maximum atomic E-state index is 14.1. The lowest BCUT2D eigenvalue weighted by molar-refractivity contribution is -0.908. The summed E-state index contributed by atoms with van der Waals surface area (Å²) in [5.41, 5.74) is 6.79. The molecule has 0 radical (unpaired) electrons. The number of nitrogens with zero attached hydrogens (tertiary/aromatic N) is 2. The molecule has 0 spiro atoms. The Morgan fingerprint density at radius 1 is 1.12 bits per heavy atom. The van der Waals surface area contributed by atoms with Crippen LogP contribution in [0.15, 0.2) is 30.3 Å². The third-order valence-electron chi connectivity index (χ3n) is 9.35. The van der Waals surface area contributed by atoms with E-state index in [9.17, 15) is 4.79 Å². The number of quaternary nitrogens is 1. The summed E-state index contributed by atoms with van der Waals surface area (Å²) in [6.07, 6.45) is 12.6. The summed E-state index contributed by atoms with van der Waals surface area (Å²) < 4.78 is 0.449. The highest BCUT2D eigenvalue weighted by molar-refractivity contribution is 7.78. The monoisotopic (exact) mass is 454 g/mol. The van der Waals surface area contributed by atoms with Gasteiger partial charge in [-0.2, -0.15) is 10.0 Å². The van der Waals surface area contributed by atoms with Gasteiger partial charge in [-0.15, -0.1) is 0 Å². The molecule has 5 saturated carbocycles. The highest BCUT2D eigenvalue weighted by Gasteiger charge is 2.62. The Kier molecular flexibility index (Phi) is 6.19. The van der Waals surface area contributed by atoms with Crippen molar-refractivity contribution in [1.29, 1.82) is 0 Å². The van der Waals surface area contributed by atoms with Gasteiger partial charge < -0.3 is 4.90 Å². The number of para-hydroxylation sites is 1. The van der Waals surface area contributed by atoms with Crippen LogP contribution < -0.4 is 10.3 Å². The second-order valence-electron chi connectivity index (χ2n) is 11.5. The van der Waals surface area contributed by atoms with Crippen molar-refractivity contribution in [3.8, 4) is 0 Å². The van der Waals surface area contributed by atoms with Gasteiger partial charge in [-0.3, -0.25) is 4.79 Å². The van der Waals surface area contributed by atoms with E-state index in [1.54, 1.807) is 0 Å². The van der Waals surface area contributed by atoms with Crippen LogP contribution in [0.25, 0.3) is 0 Å². The van der Waals surface area contributed by atoms with Gasteiger partial charge in [0.05, 0.1) is 0 Å². The van der Waals surface area contributed by atoms with E-state index in [0.717, 1.165) is 30.4 Å². The topological polar surface area (TPSA) is 32.3 Å². The summed E-state index contributed by atoms with van der Waals surface area (Å²) in [7, 11) is 2.01. The summed E-state index contributed by atoms with van der Waals surface area (Å²) in [6, 6.07) is 11.0. The molecule has 5 aliphatic rings. The van der Waals surface area contributed by atoms with Gasteiger partial charge in [0, 0.05) is 30.1 Å². The Hall–Kier alpha value is -1.30. The van der Waals surface area contributed by atoms with Crippen molar-refractivity contribution in [2.24, 2.45) is 23.2 Å². The molecule has 4 unspecified atom stereocenters. The summed E-state index contributed by atoms with van der Waals surface area (Å²) in [6.45, 7) is 2.91. The first-order chi connectivity index (χ1) is 15.5. The predicted molar refractivity (Wildman–Crippen MR) is 134 cm³/mol. The molecule has 4 nitrogen and oxygen atoms in total. The molecule has 174 valence electrons. The number of carbonyl (C=O) groups is 1. The van der Waals surface area contributed by atoms with E-state index in [0.29, 0.717) is 29.1 Å². The van der Waals surface area contributed by atoms with Crippen LogP contribution in [0.5, 0.6) is 0 Å². The fraction of sp³-hybridized carbons (Fsp3) is 0.704. The molecule has 4 atom stereocenters. The minimum absolute atomic E-state index is 0.218. The largest absolute Gasteiger partial charge is 0.304 e. The van der Waals surface area contributed by atoms with E-state index in [4.69, 9.17) is 12.2 Å². The number of anilines is 1. The van der Waals surface area contributed by atoms with Crippen LogP contribution in [0.1, 0.15) is 71.1 Å². The van der Waals surface area contributed by atoms with Crippen LogP contribution >= 0.6 is 12.2 Å². The zero-order valence-electron chi connectivity index (χ0n) is 19.8. The molecule has 1 N–H and O–H groups in total. The summed E-state index contributed by atoms with van der Waals surface area (Å²) in [5, 5.41) is 0. The minimum Gasteiger partial charge on any atom is -0.304 e. The fourth-order valence-electron chi connectivity index (χ4n) is 8.61. The molecule has 1 aromatic carbocycles. The van der Waals surface area contributed by atoms with Crippen molar-refractivity contribution >= 4 is 29.3 Å². The Labute approximate surface area is 199 Å². The van der Waals surface area contributed by atoms with Gasteiger partial charge in [0.2, 0.25) is 0 Å². The molecule has 0 heterocycles. The number of rotatable bonds is 7. The van der Waals surface area contributed by atoms with Crippen molar-refractivity contribution in [3.63, 3.8) is 0 Å². The lowest BCUT2D eigenvalue weighted by atomic mass is 9.47. The molecule has 1 amide bonds. The third-order valence-corrected chi connectivity index (χ3v) is 9.73. The van der Waals surface area contributed by atoms with Crippen molar-refractivity contribution < 1.29 is 9.39 Å². The van der Waals surface area contributed by atoms with E-state index in [-0.39, 0.29) is 11.3 Å². The first kappa shape index (κ1) is 22.5. The van der Waals surface area contributed by atoms with E-state index < -0.39 is 0 Å². The van der Waals surface area contributed by atoms with Crippen LogP contribution in [-0.4, -0.2) is 41.7 Å². The van der Waals surface area contributed by atoms with Crippen LogP contribution in [-0.2, 0) is 4.79 Å². The van der Waals surface area contributed by atoms with E-state index in [1.807, 2.05) is 18.6 Å². The first-order valence-electron chi connectivity index (χ1n) is 12.9. The van der Waals surface area contributed by atoms with Crippen molar-refractivity contribution in [2.45, 2.75) is 83.2 Å². The number of carbonyl (C=O) groups excluding carboxylic acids is 1. The number of thiocarbonyl (C=S) groups is 1. The molecule has 0 saturated heterocycles. The van der Waals surface area contributed by atoms with Crippen LogP contribution in [0.3, 0.4) is 0 Å². The van der Waals surface area contributed by atoms with Gasteiger partial charge >= 0.3 is 0 Å². The van der Waals surface area contributed by atoms with Gasteiger partial charge in [-0.05, 0) is 81.1 Å². The Morgan fingerprint density at radius 3 is 2.34 bits per heavy atom. The van der Waals surface area contributed by atoms with E-state index in [1.165, 1.54) is 51.4 Å². The molecule has 5 aliphatic carbocycles. The Morgan fingerprint density at radius 2 is 1.78 bits per heavy atom. The molecule has 32 heavy (non-hydrogen) atoms. The number of nitrogens with one attached hydrogen (secondary N) is 1. The van der Waals surface area contributed by atoms with E-state index >= 15 is 0 Å². The van der Waals surface area contributed by atoms with Gasteiger partial charge in [0.25, 0.3) is 5.91 Å². The molecular weight excluding hydrogens is 414 g/mol. The average molecular weight is 455 g/mol. The number of benzene rings is 1. The second-order valence-corrected chi connectivity index (χ2v) is 11.7. The van der Waals surface area contributed by atoms with Gasteiger partial charge in [0.1, 0.15) is 6.04 Å². The van der Waals surface area contributed by atoms with Gasteiger partial charge in [-0.1, -0.05) is 44.4 Å². The minimum atomic E-state index is 0.218. The van der Waals surface area contributed by atoms with Crippen LogP contribution in [0.2, 0.25) is 0 Å². The van der Waals surface area contributed by atoms with Crippen molar-refractivity contribution in [2.75, 3.05) is 18.5 Å². The molecule has 1 aromatic rings. The molecule has 6 rings (SSSR count). The fourth-order valence-corrected chi connectivity index (χ4v) is 8.92. The van der Waals surface area contributed by atoms with Crippen LogP contribution in [0.4, 0.5) is 5.69 Å². The Balaban J connectivity index is 1.46. The zero-order valence-corrected chi connectivity index (χ0v) is 20.7. The van der Waals surface area contributed by atoms with Gasteiger partial charge in [0.15, 0.2) is 12.0 Å². The molecule has 5 fully saturated rings. The molecular formula is C27H40N3OS+. The Bertz CT molecular complexity index is 825. The standard InChI is InChI=1S/C27H40N3OS/c1-27-16-20-13-21(17-27)15-22(14-20)26(27)30(19-32,28-2)18-25(31)29(23-9-5-3-6-10-23)24-11-7-4-8-12-24/h3,5-6,9-10,19-22,24,26,28H,4,7-8,11-18H2,1-2H3/q+1. The summed E-state index contributed by atoms with van der Waals surface area (Å²) in [4.78, 5) is 16.2. The normalized spacial score (nSPS) is 35.9. The molecule has 4 bridgehead atoms.